The van der Waals surface area contributed by atoms with E-state index in [1.165, 1.54) is 6.07 Å². The van der Waals surface area contributed by atoms with Crippen molar-refractivity contribution in [2.45, 2.75) is 25.7 Å². The molecule has 0 saturated heterocycles. The first-order valence-corrected chi connectivity index (χ1v) is 7.86. The quantitative estimate of drug-likeness (QED) is 0.779. The molecule has 0 unspecified atom stereocenters. The number of anilines is 2. The Labute approximate surface area is 115 Å². The second kappa shape index (κ2) is 6.25. The molecule has 0 bridgehead atoms. The van der Waals surface area contributed by atoms with Crippen LogP contribution in [0.3, 0.4) is 0 Å². The lowest BCUT2D eigenvalue weighted by molar-refractivity contribution is 0.584. The van der Waals surface area contributed by atoms with Crippen LogP contribution in [0.5, 0.6) is 0 Å². The van der Waals surface area contributed by atoms with E-state index < -0.39 is 10.0 Å². The Bertz CT molecular complexity index is 527. The number of rotatable bonds is 6. The normalized spacial score (nSPS) is 11.8. The van der Waals surface area contributed by atoms with Crippen molar-refractivity contribution in [3.8, 4) is 0 Å². The highest BCUT2D eigenvalue weighted by atomic mass is 32.2. The molecule has 1 rings (SSSR count). The van der Waals surface area contributed by atoms with Gasteiger partial charge < -0.3 is 10.6 Å². The van der Waals surface area contributed by atoms with Crippen molar-refractivity contribution in [2.24, 2.45) is 5.92 Å². The molecule has 0 spiro atoms. The van der Waals surface area contributed by atoms with E-state index >= 15 is 0 Å². The van der Waals surface area contributed by atoms with Gasteiger partial charge in [-0.05, 0) is 24.1 Å². The summed E-state index contributed by atoms with van der Waals surface area (Å²) < 4.78 is 26.4. The molecule has 1 aromatic carbocycles. The molecule has 0 aliphatic rings. The van der Waals surface area contributed by atoms with E-state index in [0.29, 0.717) is 18.2 Å². The number of sulfonamides is 1. The predicted molar refractivity (Wildman–Crippen MR) is 79.8 cm³/mol. The van der Waals surface area contributed by atoms with Crippen LogP contribution in [0.2, 0.25) is 0 Å². The minimum absolute atomic E-state index is 0.245. The summed E-state index contributed by atoms with van der Waals surface area (Å²) in [7, 11) is -1.53. The number of benzene rings is 1. The fraction of sp³-hybridized carbons (Fsp3) is 0.538. The maximum atomic E-state index is 12.0. The highest BCUT2D eigenvalue weighted by Crippen LogP contribution is 2.26. The number of nitrogens with one attached hydrogen (secondary N) is 1. The fourth-order valence-corrected chi connectivity index (χ4v) is 3.00. The monoisotopic (exact) mass is 285 g/mol. The molecule has 5 nitrogen and oxygen atoms in total. The topological polar surface area (TPSA) is 75.4 Å². The van der Waals surface area contributed by atoms with Crippen LogP contribution in [-0.2, 0) is 10.0 Å². The number of nitrogens with two attached hydrogens (primary N) is 1. The van der Waals surface area contributed by atoms with Gasteiger partial charge in [0.05, 0.1) is 16.3 Å². The van der Waals surface area contributed by atoms with Crippen LogP contribution in [0.1, 0.15) is 20.8 Å². The molecule has 108 valence electrons. The Balaban J connectivity index is 3.14. The van der Waals surface area contributed by atoms with Crippen LogP contribution in [0.25, 0.3) is 0 Å². The molecule has 0 heterocycles. The third-order valence-electron chi connectivity index (χ3n) is 2.70. The molecule has 0 saturated carbocycles. The van der Waals surface area contributed by atoms with Gasteiger partial charge in [-0.3, -0.25) is 0 Å². The first kappa shape index (κ1) is 15.8. The molecule has 0 aliphatic carbocycles. The standard InChI is InChI=1S/C13H23N3O2S/c1-5-15-19(17,18)11-6-7-12(14)13(8-11)16(4)9-10(2)3/h6-8,10,15H,5,9,14H2,1-4H3. The van der Waals surface area contributed by atoms with Crippen molar-refractivity contribution in [3.63, 3.8) is 0 Å². The molecule has 0 radical (unpaired) electrons. The average molecular weight is 285 g/mol. The van der Waals surface area contributed by atoms with E-state index in [4.69, 9.17) is 5.73 Å². The molecular weight excluding hydrogens is 262 g/mol. The van der Waals surface area contributed by atoms with Gasteiger partial charge in [-0.1, -0.05) is 20.8 Å². The maximum Gasteiger partial charge on any atom is 0.240 e. The van der Waals surface area contributed by atoms with Crippen LogP contribution in [0, 0.1) is 5.92 Å². The summed E-state index contributed by atoms with van der Waals surface area (Å²) in [6, 6.07) is 4.78. The van der Waals surface area contributed by atoms with Crippen LogP contribution >= 0.6 is 0 Å². The van der Waals surface area contributed by atoms with Crippen LogP contribution in [0.4, 0.5) is 11.4 Å². The van der Waals surface area contributed by atoms with Gasteiger partial charge in [0.25, 0.3) is 0 Å². The summed E-state index contributed by atoms with van der Waals surface area (Å²) >= 11 is 0. The van der Waals surface area contributed by atoms with Crippen LogP contribution in [-0.4, -0.2) is 28.6 Å². The van der Waals surface area contributed by atoms with Crippen molar-refractivity contribution >= 4 is 21.4 Å². The van der Waals surface area contributed by atoms with E-state index in [1.807, 2.05) is 11.9 Å². The maximum absolute atomic E-state index is 12.0. The third-order valence-corrected chi connectivity index (χ3v) is 4.24. The lowest BCUT2D eigenvalue weighted by atomic mass is 10.2. The van der Waals surface area contributed by atoms with E-state index in [2.05, 4.69) is 18.6 Å². The van der Waals surface area contributed by atoms with Crippen LogP contribution in [0.15, 0.2) is 23.1 Å². The van der Waals surface area contributed by atoms with Crippen molar-refractivity contribution in [1.29, 1.82) is 0 Å². The lowest BCUT2D eigenvalue weighted by Gasteiger charge is -2.23. The summed E-state index contributed by atoms with van der Waals surface area (Å²) in [5.74, 6) is 0.471. The van der Waals surface area contributed by atoms with Gasteiger partial charge in [0, 0.05) is 20.1 Å². The Kier molecular flexibility index (Phi) is 5.20. The minimum atomic E-state index is -3.44. The van der Waals surface area contributed by atoms with Crippen molar-refractivity contribution in [1.82, 2.24) is 4.72 Å². The van der Waals surface area contributed by atoms with Gasteiger partial charge in [0.2, 0.25) is 10.0 Å². The molecule has 6 heteroatoms. The van der Waals surface area contributed by atoms with E-state index in [-0.39, 0.29) is 4.90 Å². The van der Waals surface area contributed by atoms with Gasteiger partial charge in [0.1, 0.15) is 0 Å². The Morgan fingerprint density at radius 2 is 2.00 bits per heavy atom. The first-order valence-electron chi connectivity index (χ1n) is 6.38. The largest absolute Gasteiger partial charge is 0.397 e. The summed E-state index contributed by atoms with van der Waals surface area (Å²) in [5, 5.41) is 0. The van der Waals surface area contributed by atoms with Crippen molar-refractivity contribution in [3.05, 3.63) is 18.2 Å². The van der Waals surface area contributed by atoms with E-state index in [1.54, 1.807) is 19.1 Å². The number of hydrogen-bond donors (Lipinski definition) is 2. The van der Waals surface area contributed by atoms with Gasteiger partial charge >= 0.3 is 0 Å². The highest BCUT2D eigenvalue weighted by Gasteiger charge is 2.16. The molecule has 0 aliphatic heterocycles. The number of nitrogens with zero attached hydrogens (tertiary/aromatic N) is 1. The van der Waals surface area contributed by atoms with Gasteiger partial charge in [-0.2, -0.15) is 0 Å². The zero-order valence-electron chi connectivity index (χ0n) is 12.0. The second-order valence-electron chi connectivity index (χ2n) is 5.00. The van der Waals surface area contributed by atoms with E-state index in [9.17, 15) is 8.42 Å². The second-order valence-corrected chi connectivity index (χ2v) is 6.76. The molecule has 0 atom stereocenters. The van der Waals surface area contributed by atoms with Gasteiger partial charge in [0.15, 0.2) is 0 Å². The highest BCUT2D eigenvalue weighted by molar-refractivity contribution is 7.89. The molecule has 19 heavy (non-hydrogen) atoms. The molecular formula is C13H23N3O2S. The molecule has 0 amide bonds. The Hall–Kier alpha value is -1.27. The fourth-order valence-electron chi connectivity index (χ4n) is 1.94. The average Bonchev–Trinajstić information content (AvgIpc) is 2.27. The first-order chi connectivity index (χ1) is 8.77. The Morgan fingerprint density at radius 3 is 2.53 bits per heavy atom. The minimum Gasteiger partial charge on any atom is -0.397 e. The molecule has 3 N–H and O–H groups in total. The van der Waals surface area contributed by atoms with Crippen molar-refractivity contribution in [2.75, 3.05) is 30.8 Å². The van der Waals surface area contributed by atoms with Gasteiger partial charge in [-0.15, -0.1) is 0 Å². The summed E-state index contributed by atoms with van der Waals surface area (Å²) in [6.45, 7) is 7.14. The van der Waals surface area contributed by atoms with E-state index in [0.717, 1.165) is 12.2 Å². The molecule has 0 fully saturated rings. The SMILES string of the molecule is CCNS(=O)(=O)c1ccc(N)c(N(C)CC(C)C)c1. The summed E-state index contributed by atoms with van der Waals surface area (Å²) in [4.78, 5) is 2.22. The lowest BCUT2D eigenvalue weighted by Crippen LogP contribution is -2.26. The molecule has 1 aromatic rings. The number of hydrogen-bond acceptors (Lipinski definition) is 4. The Morgan fingerprint density at radius 1 is 1.37 bits per heavy atom. The van der Waals surface area contributed by atoms with Gasteiger partial charge in [-0.25, -0.2) is 13.1 Å². The van der Waals surface area contributed by atoms with Crippen LogP contribution < -0.4 is 15.4 Å². The smallest absolute Gasteiger partial charge is 0.240 e. The zero-order chi connectivity index (χ0) is 14.6. The number of nitrogen functional groups attached to an aromatic ring is 1. The van der Waals surface area contributed by atoms with Crippen molar-refractivity contribution < 1.29 is 8.42 Å². The molecule has 0 aromatic heterocycles. The summed E-state index contributed by atoms with van der Waals surface area (Å²) in [6.07, 6.45) is 0. The third kappa shape index (κ3) is 4.11. The summed E-state index contributed by atoms with van der Waals surface area (Å²) in [5.41, 5.74) is 7.25. The predicted octanol–water partition coefficient (Wildman–Crippen LogP) is 1.66. The zero-order valence-corrected chi connectivity index (χ0v) is 12.8.